The minimum absolute atomic E-state index is 0.0289. The minimum atomic E-state index is -0.0289. The Morgan fingerprint density at radius 1 is 1.38 bits per heavy atom. The standard InChI is InChI=1S/C18H20N4O3S/c1-22-17(15-9-12-5-2-3-7-14(12)25-15)20-21-18(22)26-11-16(23)19-10-13-6-4-8-24-13/h2-3,5,7,9,13H,4,6,8,10-11H2,1H3,(H,19,23)/t13-/m0/s1. The van der Waals surface area contributed by atoms with Crippen molar-refractivity contribution in [3.05, 3.63) is 30.3 Å². The van der Waals surface area contributed by atoms with E-state index >= 15 is 0 Å². The third-order valence-corrected chi connectivity index (χ3v) is 5.38. The smallest absolute Gasteiger partial charge is 0.230 e. The van der Waals surface area contributed by atoms with Crippen LogP contribution in [0.25, 0.3) is 22.6 Å². The molecule has 1 aromatic carbocycles. The molecule has 4 rings (SSSR count). The summed E-state index contributed by atoms with van der Waals surface area (Å²) in [4.78, 5) is 12.0. The first-order valence-corrected chi connectivity index (χ1v) is 9.59. The predicted octanol–water partition coefficient (Wildman–Crippen LogP) is 2.62. The summed E-state index contributed by atoms with van der Waals surface area (Å²) in [7, 11) is 1.87. The highest BCUT2D eigenvalue weighted by Gasteiger charge is 2.18. The number of benzene rings is 1. The van der Waals surface area contributed by atoms with Gasteiger partial charge in [0.05, 0.1) is 11.9 Å². The topological polar surface area (TPSA) is 82.2 Å². The third-order valence-electron chi connectivity index (χ3n) is 4.36. The number of para-hydroxylation sites is 1. The fraction of sp³-hybridized carbons (Fsp3) is 0.389. The summed E-state index contributed by atoms with van der Waals surface area (Å²) in [5, 5.41) is 13.0. The molecule has 136 valence electrons. The number of thioether (sulfide) groups is 1. The number of hydrogen-bond donors (Lipinski definition) is 1. The van der Waals surface area contributed by atoms with Crippen LogP contribution in [-0.2, 0) is 16.6 Å². The highest BCUT2D eigenvalue weighted by atomic mass is 32.2. The summed E-state index contributed by atoms with van der Waals surface area (Å²) in [6, 6.07) is 9.76. The summed E-state index contributed by atoms with van der Waals surface area (Å²) < 4.78 is 13.2. The summed E-state index contributed by atoms with van der Waals surface area (Å²) in [6.45, 7) is 1.36. The van der Waals surface area contributed by atoms with Crippen molar-refractivity contribution in [3.63, 3.8) is 0 Å². The molecule has 0 unspecified atom stereocenters. The van der Waals surface area contributed by atoms with E-state index in [1.54, 1.807) is 0 Å². The molecule has 2 aromatic heterocycles. The number of rotatable bonds is 6. The van der Waals surface area contributed by atoms with Crippen LogP contribution in [0.1, 0.15) is 12.8 Å². The molecule has 0 spiro atoms. The average molecular weight is 372 g/mol. The van der Waals surface area contributed by atoms with Crippen LogP contribution in [0.4, 0.5) is 0 Å². The number of furan rings is 1. The Labute approximate surface area is 155 Å². The molecule has 8 heteroatoms. The van der Waals surface area contributed by atoms with Gasteiger partial charge in [0.1, 0.15) is 5.58 Å². The van der Waals surface area contributed by atoms with Gasteiger partial charge in [-0.1, -0.05) is 30.0 Å². The summed E-state index contributed by atoms with van der Waals surface area (Å²) in [6.07, 6.45) is 2.23. The van der Waals surface area contributed by atoms with E-state index in [-0.39, 0.29) is 12.0 Å². The highest BCUT2D eigenvalue weighted by Crippen LogP contribution is 2.28. The molecule has 26 heavy (non-hydrogen) atoms. The van der Waals surface area contributed by atoms with E-state index in [0.29, 0.717) is 29.0 Å². The largest absolute Gasteiger partial charge is 0.453 e. The van der Waals surface area contributed by atoms with Crippen LogP contribution in [0.15, 0.2) is 39.9 Å². The maximum absolute atomic E-state index is 12.0. The first-order valence-electron chi connectivity index (χ1n) is 8.60. The van der Waals surface area contributed by atoms with Crippen molar-refractivity contribution in [1.29, 1.82) is 0 Å². The lowest BCUT2D eigenvalue weighted by Crippen LogP contribution is -2.32. The zero-order valence-electron chi connectivity index (χ0n) is 14.5. The quantitative estimate of drug-likeness (QED) is 0.670. The lowest BCUT2D eigenvalue weighted by molar-refractivity contribution is -0.119. The van der Waals surface area contributed by atoms with Crippen molar-refractivity contribution < 1.29 is 13.9 Å². The van der Waals surface area contributed by atoms with E-state index in [9.17, 15) is 4.79 Å². The van der Waals surface area contributed by atoms with Crippen LogP contribution in [0.3, 0.4) is 0 Å². The van der Waals surface area contributed by atoms with Crippen LogP contribution in [0.5, 0.6) is 0 Å². The Bertz CT molecular complexity index is 881. The number of nitrogens with one attached hydrogen (secondary N) is 1. The summed E-state index contributed by atoms with van der Waals surface area (Å²) in [5.74, 6) is 1.57. The summed E-state index contributed by atoms with van der Waals surface area (Å²) >= 11 is 1.35. The third kappa shape index (κ3) is 3.61. The molecule has 1 atom stereocenters. The summed E-state index contributed by atoms with van der Waals surface area (Å²) in [5.41, 5.74) is 0.813. The number of nitrogens with zero attached hydrogens (tertiary/aromatic N) is 3. The molecule has 1 aliphatic heterocycles. The SMILES string of the molecule is Cn1c(SCC(=O)NC[C@@H]2CCCO2)nnc1-c1cc2ccccc2o1. The van der Waals surface area contributed by atoms with Crippen molar-refractivity contribution in [2.45, 2.75) is 24.1 Å². The van der Waals surface area contributed by atoms with E-state index in [0.717, 1.165) is 30.4 Å². The number of carbonyl (C=O) groups is 1. The molecular weight excluding hydrogens is 352 g/mol. The zero-order valence-corrected chi connectivity index (χ0v) is 15.3. The molecule has 7 nitrogen and oxygen atoms in total. The van der Waals surface area contributed by atoms with Gasteiger partial charge in [-0.05, 0) is 25.0 Å². The number of carbonyl (C=O) groups excluding carboxylic acids is 1. The van der Waals surface area contributed by atoms with Crippen LogP contribution in [0, 0.1) is 0 Å². The second-order valence-corrected chi connectivity index (χ2v) is 7.18. The predicted molar refractivity (Wildman–Crippen MR) is 98.9 cm³/mol. The minimum Gasteiger partial charge on any atom is -0.453 e. The maximum Gasteiger partial charge on any atom is 0.230 e. The number of aromatic nitrogens is 3. The van der Waals surface area contributed by atoms with Crippen molar-refractivity contribution >= 4 is 28.6 Å². The van der Waals surface area contributed by atoms with Crippen LogP contribution < -0.4 is 5.32 Å². The fourth-order valence-corrected chi connectivity index (χ4v) is 3.70. The monoisotopic (exact) mass is 372 g/mol. The van der Waals surface area contributed by atoms with E-state index in [2.05, 4.69) is 15.5 Å². The number of amides is 1. The highest BCUT2D eigenvalue weighted by molar-refractivity contribution is 7.99. The lowest BCUT2D eigenvalue weighted by atomic mass is 10.2. The second-order valence-electron chi connectivity index (χ2n) is 6.24. The maximum atomic E-state index is 12.0. The van der Waals surface area contributed by atoms with E-state index in [1.807, 2.05) is 41.9 Å². The van der Waals surface area contributed by atoms with Gasteiger partial charge in [-0.25, -0.2) is 0 Å². The number of hydrogen-bond acceptors (Lipinski definition) is 6. The van der Waals surface area contributed by atoms with Crippen molar-refractivity contribution in [3.8, 4) is 11.6 Å². The van der Waals surface area contributed by atoms with Gasteiger partial charge in [-0.15, -0.1) is 10.2 Å². The molecule has 0 bridgehead atoms. The first-order chi connectivity index (χ1) is 12.7. The molecular formula is C18H20N4O3S. The molecule has 0 saturated carbocycles. The van der Waals surface area contributed by atoms with E-state index < -0.39 is 0 Å². The fourth-order valence-electron chi connectivity index (χ4n) is 2.96. The van der Waals surface area contributed by atoms with Gasteiger partial charge in [-0.3, -0.25) is 4.79 Å². The first kappa shape index (κ1) is 17.1. The lowest BCUT2D eigenvalue weighted by Gasteiger charge is -2.10. The number of fused-ring (bicyclic) bond motifs is 1. The Morgan fingerprint density at radius 2 is 2.27 bits per heavy atom. The molecule has 1 saturated heterocycles. The van der Waals surface area contributed by atoms with Gasteiger partial charge in [0.25, 0.3) is 0 Å². The van der Waals surface area contributed by atoms with Crippen LogP contribution in [-0.4, -0.2) is 45.7 Å². The van der Waals surface area contributed by atoms with E-state index in [4.69, 9.17) is 9.15 Å². The second kappa shape index (κ2) is 7.51. The molecule has 1 fully saturated rings. The Balaban J connectivity index is 1.38. The molecule has 3 heterocycles. The van der Waals surface area contributed by atoms with Gasteiger partial charge in [0.2, 0.25) is 5.91 Å². The average Bonchev–Trinajstić information content (AvgIpc) is 3.37. The Morgan fingerprint density at radius 3 is 3.08 bits per heavy atom. The molecule has 0 aliphatic carbocycles. The van der Waals surface area contributed by atoms with Gasteiger partial charge in [-0.2, -0.15) is 0 Å². The normalized spacial score (nSPS) is 17.0. The molecule has 1 aliphatic rings. The Hall–Kier alpha value is -2.32. The molecule has 0 radical (unpaired) electrons. The van der Waals surface area contributed by atoms with Crippen LogP contribution in [0.2, 0.25) is 0 Å². The van der Waals surface area contributed by atoms with Gasteiger partial charge in [0, 0.05) is 25.6 Å². The van der Waals surface area contributed by atoms with E-state index in [1.165, 1.54) is 11.8 Å². The molecule has 3 aromatic rings. The number of ether oxygens (including phenoxy) is 1. The van der Waals surface area contributed by atoms with Gasteiger partial charge >= 0.3 is 0 Å². The van der Waals surface area contributed by atoms with Crippen molar-refractivity contribution in [1.82, 2.24) is 20.1 Å². The zero-order chi connectivity index (χ0) is 17.9. The van der Waals surface area contributed by atoms with Crippen molar-refractivity contribution in [2.24, 2.45) is 7.05 Å². The van der Waals surface area contributed by atoms with Gasteiger partial charge in [0.15, 0.2) is 16.7 Å². The Kier molecular flexibility index (Phi) is 4.94. The van der Waals surface area contributed by atoms with Gasteiger partial charge < -0.3 is 19.0 Å². The van der Waals surface area contributed by atoms with Crippen molar-refractivity contribution in [2.75, 3.05) is 18.9 Å². The molecule has 1 N–H and O–H groups in total. The van der Waals surface area contributed by atoms with Crippen LogP contribution >= 0.6 is 11.8 Å². The molecule has 1 amide bonds.